The number of rotatable bonds is 5. The highest BCUT2D eigenvalue weighted by atomic mass is 35.5. The van der Waals surface area contributed by atoms with Crippen LogP contribution < -0.4 is 5.32 Å². The van der Waals surface area contributed by atoms with E-state index in [1.165, 1.54) is 16.7 Å². The van der Waals surface area contributed by atoms with Crippen molar-refractivity contribution in [3.63, 3.8) is 0 Å². The highest BCUT2D eigenvalue weighted by Crippen LogP contribution is 2.09. The van der Waals surface area contributed by atoms with E-state index in [1.54, 1.807) is 0 Å². The molecule has 0 aliphatic rings. The van der Waals surface area contributed by atoms with Crippen molar-refractivity contribution >= 4 is 11.6 Å². The molecule has 1 rings (SSSR count). The first-order valence-corrected chi connectivity index (χ1v) is 6.02. The minimum absolute atomic E-state index is 0.490. The lowest BCUT2D eigenvalue weighted by molar-refractivity contribution is 0.536. The van der Waals surface area contributed by atoms with E-state index in [9.17, 15) is 0 Å². The van der Waals surface area contributed by atoms with Crippen molar-refractivity contribution in [3.8, 4) is 0 Å². The Hall–Kier alpha value is -0.530. The first-order valence-electron chi connectivity index (χ1n) is 5.49. The van der Waals surface area contributed by atoms with Crippen LogP contribution in [-0.2, 0) is 6.54 Å². The molecule has 0 aliphatic heterocycles. The SMILES string of the molecule is Cc1ccc(CNC(C)CCCl)cc1C. The molecule has 0 aliphatic carbocycles. The number of aryl methyl sites for hydroxylation is 2. The van der Waals surface area contributed by atoms with E-state index >= 15 is 0 Å². The molecule has 0 saturated heterocycles. The molecule has 2 heteroatoms. The first kappa shape index (κ1) is 12.5. The fourth-order valence-corrected chi connectivity index (χ4v) is 1.80. The molecule has 1 atom stereocenters. The molecule has 0 radical (unpaired) electrons. The number of benzene rings is 1. The van der Waals surface area contributed by atoms with Crippen molar-refractivity contribution in [3.05, 3.63) is 34.9 Å². The normalized spacial score (nSPS) is 12.8. The molecule has 1 nitrogen and oxygen atoms in total. The second-order valence-electron chi connectivity index (χ2n) is 4.18. The molecule has 15 heavy (non-hydrogen) atoms. The standard InChI is InChI=1S/C13H20ClN/c1-10-4-5-13(8-11(10)2)9-15-12(3)6-7-14/h4-5,8,12,15H,6-7,9H2,1-3H3. The summed E-state index contributed by atoms with van der Waals surface area (Å²) in [4.78, 5) is 0. The van der Waals surface area contributed by atoms with Gasteiger partial charge in [0, 0.05) is 18.5 Å². The molecular formula is C13H20ClN. The van der Waals surface area contributed by atoms with Crippen LogP contribution in [0.1, 0.15) is 30.0 Å². The molecule has 0 bridgehead atoms. The van der Waals surface area contributed by atoms with Gasteiger partial charge in [-0.2, -0.15) is 0 Å². The number of hydrogen-bond acceptors (Lipinski definition) is 1. The van der Waals surface area contributed by atoms with Gasteiger partial charge >= 0.3 is 0 Å². The molecule has 0 saturated carbocycles. The molecular weight excluding hydrogens is 206 g/mol. The predicted octanol–water partition coefficient (Wildman–Crippen LogP) is 3.41. The van der Waals surface area contributed by atoms with Gasteiger partial charge in [0.2, 0.25) is 0 Å². The summed E-state index contributed by atoms with van der Waals surface area (Å²) in [6.07, 6.45) is 1.02. The molecule has 0 spiro atoms. The minimum Gasteiger partial charge on any atom is -0.310 e. The van der Waals surface area contributed by atoms with Gasteiger partial charge in [-0.05, 0) is 43.9 Å². The molecule has 84 valence electrons. The van der Waals surface area contributed by atoms with Gasteiger partial charge in [-0.25, -0.2) is 0 Å². The average molecular weight is 226 g/mol. The third-order valence-corrected chi connectivity index (χ3v) is 2.99. The van der Waals surface area contributed by atoms with Crippen LogP contribution in [0.4, 0.5) is 0 Å². The van der Waals surface area contributed by atoms with E-state index in [2.05, 4.69) is 44.3 Å². The molecule has 1 aromatic rings. The molecule has 0 heterocycles. The van der Waals surface area contributed by atoms with Crippen molar-refractivity contribution in [1.29, 1.82) is 0 Å². The summed E-state index contributed by atoms with van der Waals surface area (Å²) in [5.41, 5.74) is 4.06. The molecule has 1 aromatic carbocycles. The Kier molecular flexibility index (Phi) is 5.13. The first-order chi connectivity index (χ1) is 7.13. The summed E-state index contributed by atoms with van der Waals surface area (Å²) >= 11 is 5.68. The van der Waals surface area contributed by atoms with Gasteiger partial charge in [-0.15, -0.1) is 11.6 Å². The zero-order valence-corrected chi connectivity index (χ0v) is 10.6. The van der Waals surface area contributed by atoms with E-state index in [0.717, 1.165) is 18.8 Å². The predicted molar refractivity (Wildman–Crippen MR) is 67.6 cm³/mol. The summed E-state index contributed by atoms with van der Waals surface area (Å²) < 4.78 is 0. The Labute approximate surface area is 97.8 Å². The Balaban J connectivity index is 2.47. The maximum absolute atomic E-state index is 5.68. The second-order valence-corrected chi connectivity index (χ2v) is 4.56. The topological polar surface area (TPSA) is 12.0 Å². The van der Waals surface area contributed by atoms with E-state index < -0.39 is 0 Å². The van der Waals surface area contributed by atoms with Gasteiger partial charge in [0.25, 0.3) is 0 Å². The number of alkyl halides is 1. The zero-order chi connectivity index (χ0) is 11.3. The van der Waals surface area contributed by atoms with Gasteiger partial charge in [0.05, 0.1) is 0 Å². The Morgan fingerprint density at radius 3 is 2.60 bits per heavy atom. The molecule has 0 aromatic heterocycles. The highest BCUT2D eigenvalue weighted by Gasteiger charge is 2.01. The number of nitrogens with one attached hydrogen (secondary N) is 1. The Morgan fingerprint density at radius 2 is 2.00 bits per heavy atom. The highest BCUT2D eigenvalue weighted by molar-refractivity contribution is 6.17. The lowest BCUT2D eigenvalue weighted by Gasteiger charge is -2.12. The molecule has 1 unspecified atom stereocenters. The van der Waals surface area contributed by atoms with Gasteiger partial charge < -0.3 is 5.32 Å². The minimum atomic E-state index is 0.490. The molecule has 1 N–H and O–H groups in total. The van der Waals surface area contributed by atoms with Crippen molar-refractivity contribution in [2.45, 2.75) is 39.8 Å². The van der Waals surface area contributed by atoms with Crippen LogP contribution in [0.5, 0.6) is 0 Å². The zero-order valence-electron chi connectivity index (χ0n) is 9.81. The van der Waals surface area contributed by atoms with Crippen LogP contribution in [0.25, 0.3) is 0 Å². The van der Waals surface area contributed by atoms with E-state index in [-0.39, 0.29) is 0 Å². The lowest BCUT2D eigenvalue weighted by atomic mass is 10.1. The maximum Gasteiger partial charge on any atom is 0.0238 e. The van der Waals surface area contributed by atoms with Gasteiger partial charge in [-0.3, -0.25) is 0 Å². The maximum atomic E-state index is 5.68. The van der Waals surface area contributed by atoms with Crippen LogP contribution in [0.3, 0.4) is 0 Å². The monoisotopic (exact) mass is 225 g/mol. The summed E-state index contributed by atoms with van der Waals surface area (Å²) in [6.45, 7) is 7.40. The molecule has 0 amide bonds. The second kappa shape index (κ2) is 6.14. The summed E-state index contributed by atoms with van der Waals surface area (Å²) in [5, 5.41) is 3.46. The van der Waals surface area contributed by atoms with E-state index in [1.807, 2.05) is 0 Å². The number of hydrogen-bond donors (Lipinski definition) is 1. The van der Waals surface area contributed by atoms with Crippen molar-refractivity contribution < 1.29 is 0 Å². The smallest absolute Gasteiger partial charge is 0.0238 e. The van der Waals surface area contributed by atoms with Crippen LogP contribution in [0, 0.1) is 13.8 Å². The Bertz CT molecular complexity index is 309. The van der Waals surface area contributed by atoms with Crippen LogP contribution in [-0.4, -0.2) is 11.9 Å². The van der Waals surface area contributed by atoms with E-state index in [0.29, 0.717) is 6.04 Å². The lowest BCUT2D eigenvalue weighted by Crippen LogP contribution is -2.25. The molecule has 0 fully saturated rings. The third-order valence-electron chi connectivity index (χ3n) is 2.77. The van der Waals surface area contributed by atoms with Crippen LogP contribution in [0.2, 0.25) is 0 Å². The number of halogens is 1. The summed E-state index contributed by atoms with van der Waals surface area (Å²) in [5.74, 6) is 0.723. The Morgan fingerprint density at radius 1 is 1.27 bits per heavy atom. The van der Waals surface area contributed by atoms with Crippen LogP contribution >= 0.6 is 11.6 Å². The van der Waals surface area contributed by atoms with Gasteiger partial charge in [-0.1, -0.05) is 18.2 Å². The van der Waals surface area contributed by atoms with Gasteiger partial charge in [0.1, 0.15) is 0 Å². The quantitative estimate of drug-likeness (QED) is 0.758. The largest absolute Gasteiger partial charge is 0.310 e. The fraction of sp³-hybridized carbons (Fsp3) is 0.538. The van der Waals surface area contributed by atoms with Crippen molar-refractivity contribution in [2.75, 3.05) is 5.88 Å². The van der Waals surface area contributed by atoms with Crippen LogP contribution in [0.15, 0.2) is 18.2 Å². The van der Waals surface area contributed by atoms with Crippen molar-refractivity contribution in [1.82, 2.24) is 5.32 Å². The third kappa shape index (κ3) is 4.23. The van der Waals surface area contributed by atoms with E-state index in [4.69, 9.17) is 11.6 Å². The average Bonchev–Trinajstić information content (AvgIpc) is 2.20. The summed E-state index contributed by atoms with van der Waals surface area (Å²) in [7, 11) is 0. The van der Waals surface area contributed by atoms with Crippen molar-refractivity contribution in [2.24, 2.45) is 0 Å². The summed E-state index contributed by atoms with van der Waals surface area (Å²) in [6, 6.07) is 7.10. The fourth-order valence-electron chi connectivity index (χ4n) is 1.47. The van der Waals surface area contributed by atoms with Gasteiger partial charge in [0.15, 0.2) is 0 Å².